The summed E-state index contributed by atoms with van der Waals surface area (Å²) < 4.78 is 0. The highest BCUT2D eigenvalue weighted by molar-refractivity contribution is 6.39. The molecule has 1 aliphatic rings. The van der Waals surface area contributed by atoms with Gasteiger partial charge in [-0.1, -0.05) is 13.0 Å². The smallest absolute Gasteiger partial charge is 0.313 e. The number of nitrogen functional groups attached to an aromatic ring is 1. The quantitative estimate of drug-likeness (QED) is 0.620. The average molecular weight is 290 g/mol. The number of nitrogens with two attached hydrogens (primary N) is 1. The number of likely N-dealkylation sites (N-methyl/N-ethyl adjacent to an activating group) is 1. The number of piperazine rings is 1. The van der Waals surface area contributed by atoms with Gasteiger partial charge in [-0.25, -0.2) is 0 Å². The Morgan fingerprint density at radius 2 is 1.90 bits per heavy atom. The SMILES string of the molecule is CCN1CCN(C(=O)C(=O)Nc2ccc(C)cc2N)CC1. The molecule has 0 spiro atoms. The number of hydrogen-bond acceptors (Lipinski definition) is 4. The number of aryl methyl sites for hydroxylation is 1. The highest BCUT2D eigenvalue weighted by atomic mass is 16.2. The van der Waals surface area contributed by atoms with Crippen LogP contribution in [0.5, 0.6) is 0 Å². The van der Waals surface area contributed by atoms with Crippen molar-refractivity contribution in [3.05, 3.63) is 23.8 Å². The minimum atomic E-state index is -0.629. The van der Waals surface area contributed by atoms with Gasteiger partial charge in [0.1, 0.15) is 0 Å². The molecule has 6 heteroatoms. The molecule has 0 bridgehead atoms. The molecule has 0 radical (unpaired) electrons. The number of hydrogen-bond donors (Lipinski definition) is 2. The zero-order chi connectivity index (χ0) is 15.4. The van der Waals surface area contributed by atoms with Gasteiger partial charge in [-0.05, 0) is 31.2 Å². The summed E-state index contributed by atoms with van der Waals surface area (Å²) in [6.45, 7) is 7.76. The van der Waals surface area contributed by atoms with Crippen LogP contribution in [0.2, 0.25) is 0 Å². The maximum absolute atomic E-state index is 12.1. The Labute approximate surface area is 124 Å². The van der Waals surface area contributed by atoms with Crippen molar-refractivity contribution in [2.24, 2.45) is 0 Å². The Morgan fingerprint density at radius 3 is 2.48 bits per heavy atom. The molecule has 1 aromatic carbocycles. The maximum Gasteiger partial charge on any atom is 0.313 e. The maximum atomic E-state index is 12.1. The predicted molar refractivity (Wildman–Crippen MR) is 82.9 cm³/mol. The summed E-state index contributed by atoms with van der Waals surface area (Å²) in [6, 6.07) is 5.32. The van der Waals surface area contributed by atoms with Crippen molar-refractivity contribution in [1.29, 1.82) is 0 Å². The van der Waals surface area contributed by atoms with E-state index in [9.17, 15) is 9.59 Å². The summed E-state index contributed by atoms with van der Waals surface area (Å²) in [4.78, 5) is 28.0. The van der Waals surface area contributed by atoms with Crippen LogP contribution >= 0.6 is 0 Å². The monoisotopic (exact) mass is 290 g/mol. The number of rotatable bonds is 2. The minimum Gasteiger partial charge on any atom is -0.397 e. The molecule has 1 aliphatic heterocycles. The molecule has 114 valence electrons. The van der Waals surface area contributed by atoms with Crippen molar-refractivity contribution < 1.29 is 9.59 Å². The van der Waals surface area contributed by atoms with Gasteiger partial charge in [0.15, 0.2) is 0 Å². The van der Waals surface area contributed by atoms with E-state index in [0.29, 0.717) is 24.5 Å². The molecule has 21 heavy (non-hydrogen) atoms. The van der Waals surface area contributed by atoms with Gasteiger partial charge in [0.25, 0.3) is 0 Å². The van der Waals surface area contributed by atoms with E-state index in [1.54, 1.807) is 17.0 Å². The van der Waals surface area contributed by atoms with E-state index in [1.165, 1.54) is 0 Å². The van der Waals surface area contributed by atoms with Crippen LogP contribution in [0, 0.1) is 6.92 Å². The standard InChI is InChI=1S/C15H22N4O2/c1-3-18-6-8-19(9-7-18)15(21)14(20)17-13-5-4-11(2)10-12(13)16/h4-5,10H,3,6-9,16H2,1-2H3,(H,17,20). The number of amides is 2. The summed E-state index contributed by atoms with van der Waals surface area (Å²) in [5.74, 6) is -1.12. The molecule has 1 fully saturated rings. The Hall–Kier alpha value is -2.08. The van der Waals surface area contributed by atoms with Crippen molar-refractivity contribution in [2.45, 2.75) is 13.8 Å². The predicted octanol–water partition coefficient (Wildman–Crippen LogP) is 0.680. The van der Waals surface area contributed by atoms with E-state index in [0.717, 1.165) is 25.2 Å². The number of carbonyl (C=O) groups is 2. The minimum absolute atomic E-state index is 0.465. The van der Waals surface area contributed by atoms with E-state index in [1.807, 2.05) is 13.0 Å². The lowest BCUT2D eigenvalue weighted by Gasteiger charge is -2.33. The van der Waals surface area contributed by atoms with Crippen LogP contribution in [0.1, 0.15) is 12.5 Å². The molecular weight excluding hydrogens is 268 g/mol. The number of benzene rings is 1. The van der Waals surface area contributed by atoms with Crippen LogP contribution in [-0.2, 0) is 9.59 Å². The lowest BCUT2D eigenvalue weighted by Crippen LogP contribution is -2.51. The van der Waals surface area contributed by atoms with Crippen molar-refractivity contribution in [3.63, 3.8) is 0 Å². The Balaban J connectivity index is 1.95. The van der Waals surface area contributed by atoms with Gasteiger partial charge in [-0.2, -0.15) is 0 Å². The molecule has 0 aromatic heterocycles. The lowest BCUT2D eigenvalue weighted by molar-refractivity contribution is -0.144. The highest BCUT2D eigenvalue weighted by Crippen LogP contribution is 2.19. The zero-order valence-corrected chi connectivity index (χ0v) is 12.6. The van der Waals surface area contributed by atoms with Gasteiger partial charge in [0, 0.05) is 26.2 Å². The lowest BCUT2D eigenvalue weighted by atomic mass is 10.2. The number of nitrogens with zero attached hydrogens (tertiary/aromatic N) is 2. The molecule has 3 N–H and O–H groups in total. The second-order valence-electron chi connectivity index (χ2n) is 5.27. The topological polar surface area (TPSA) is 78.7 Å². The molecule has 1 aromatic rings. The molecule has 0 aliphatic carbocycles. The summed E-state index contributed by atoms with van der Waals surface area (Å²) in [5.41, 5.74) is 7.79. The molecule has 1 saturated heterocycles. The third-order valence-corrected chi connectivity index (χ3v) is 3.76. The van der Waals surface area contributed by atoms with Crippen LogP contribution in [0.4, 0.5) is 11.4 Å². The van der Waals surface area contributed by atoms with Crippen LogP contribution < -0.4 is 11.1 Å². The molecule has 0 saturated carbocycles. The van der Waals surface area contributed by atoms with E-state index < -0.39 is 11.8 Å². The first-order valence-electron chi connectivity index (χ1n) is 7.20. The van der Waals surface area contributed by atoms with Gasteiger partial charge in [0.05, 0.1) is 11.4 Å². The highest BCUT2D eigenvalue weighted by Gasteiger charge is 2.25. The van der Waals surface area contributed by atoms with E-state index in [4.69, 9.17) is 5.73 Å². The van der Waals surface area contributed by atoms with Crippen molar-refractivity contribution >= 4 is 23.2 Å². The molecule has 2 rings (SSSR count). The summed E-state index contributed by atoms with van der Waals surface area (Å²) >= 11 is 0. The van der Waals surface area contributed by atoms with E-state index >= 15 is 0 Å². The Kier molecular flexibility index (Phi) is 4.80. The van der Waals surface area contributed by atoms with Crippen LogP contribution in [0.15, 0.2) is 18.2 Å². The third-order valence-electron chi connectivity index (χ3n) is 3.76. The normalized spacial score (nSPS) is 15.8. The first-order chi connectivity index (χ1) is 10.0. The fourth-order valence-corrected chi connectivity index (χ4v) is 2.38. The number of nitrogens with one attached hydrogen (secondary N) is 1. The largest absolute Gasteiger partial charge is 0.397 e. The second kappa shape index (κ2) is 6.58. The Bertz CT molecular complexity index is 536. The van der Waals surface area contributed by atoms with Crippen LogP contribution in [0.25, 0.3) is 0 Å². The second-order valence-corrected chi connectivity index (χ2v) is 5.27. The molecule has 2 amide bonds. The van der Waals surface area contributed by atoms with Gasteiger partial charge in [-0.3, -0.25) is 9.59 Å². The van der Waals surface area contributed by atoms with Gasteiger partial charge in [0.2, 0.25) is 0 Å². The fourth-order valence-electron chi connectivity index (χ4n) is 2.38. The number of anilines is 2. The Morgan fingerprint density at radius 1 is 1.24 bits per heavy atom. The number of carbonyl (C=O) groups excluding carboxylic acids is 2. The van der Waals surface area contributed by atoms with Gasteiger partial charge < -0.3 is 20.9 Å². The third kappa shape index (κ3) is 3.72. The molecule has 0 atom stereocenters. The molecular formula is C15H22N4O2. The summed E-state index contributed by atoms with van der Waals surface area (Å²) in [5, 5.41) is 2.59. The van der Waals surface area contributed by atoms with Gasteiger partial charge >= 0.3 is 11.8 Å². The first kappa shape index (κ1) is 15.3. The first-order valence-corrected chi connectivity index (χ1v) is 7.20. The summed E-state index contributed by atoms with van der Waals surface area (Å²) in [6.07, 6.45) is 0. The van der Waals surface area contributed by atoms with Crippen LogP contribution in [0.3, 0.4) is 0 Å². The average Bonchev–Trinajstić information content (AvgIpc) is 2.49. The zero-order valence-electron chi connectivity index (χ0n) is 12.6. The molecule has 0 unspecified atom stereocenters. The van der Waals surface area contributed by atoms with Crippen LogP contribution in [-0.4, -0.2) is 54.3 Å². The van der Waals surface area contributed by atoms with Crippen molar-refractivity contribution in [2.75, 3.05) is 43.8 Å². The molecule has 1 heterocycles. The fraction of sp³-hybridized carbons (Fsp3) is 0.467. The summed E-state index contributed by atoms with van der Waals surface area (Å²) in [7, 11) is 0. The van der Waals surface area contributed by atoms with Crippen molar-refractivity contribution in [3.8, 4) is 0 Å². The van der Waals surface area contributed by atoms with Crippen molar-refractivity contribution in [1.82, 2.24) is 9.80 Å². The molecule has 6 nitrogen and oxygen atoms in total. The van der Waals surface area contributed by atoms with E-state index in [-0.39, 0.29) is 0 Å². The van der Waals surface area contributed by atoms with Gasteiger partial charge in [-0.15, -0.1) is 0 Å². The van der Waals surface area contributed by atoms with E-state index in [2.05, 4.69) is 17.1 Å².